The number of hydrogen-bond donors (Lipinski definition) is 1. The zero-order valence-electron chi connectivity index (χ0n) is 14.6. The first kappa shape index (κ1) is 17.2. The molecule has 0 aliphatic carbocycles. The Morgan fingerprint density at radius 2 is 1.81 bits per heavy atom. The second-order valence-corrected chi connectivity index (χ2v) is 5.89. The minimum absolute atomic E-state index is 0.259. The summed E-state index contributed by atoms with van der Waals surface area (Å²) in [6.07, 6.45) is 1.55. The van der Waals surface area contributed by atoms with Crippen LogP contribution < -0.4 is 5.43 Å². The van der Waals surface area contributed by atoms with Crippen molar-refractivity contribution >= 4 is 12.1 Å². The summed E-state index contributed by atoms with van der Waals surface area (Å²) in [5.74, 6) is -0.259. The molecule has 1 aromatic heterocycles. The van der Waals surface area contributed by atoms with E-state index in [9.17, 15) is 4.79 Å². The number of nitriles is 1. The maximum atomic E-state index is 12.5. The van der Waals surface area contributed by atoms with Crippen molar-refractivity contribution in [2.75, 3.05) is 0 Å². The lowest BCUT2D eigenvalue weighted by atomic mass is 10.2. The van der Waals surface area contributed by atoms with Crippen molar-refractivity contribution in [2.45, 2.75) is 13.8 Å². The lowest BCUT2D eigenvalue weighted by Gasteiger charge is -2.09. The molecule has 3 aromatic rings. The zero-order valence-corrected chi connectivity index (χ0v) is 14.6. The van der Waals surface area contributed by atoms with Crippen LogP contribution in [0.15, 0.2) is 65.8 Å². The fourth-order valence-electron chi connectivity index (χ4n) is 2.84. The fraction of sp³-hybridized carbons (Fsp3) is 0.0952. The molecule has 0 atom stereocenters. The highest BCUT2D eigenvalue weighted by atomic mass is 16.2. The van der Waals surface area contributed by atoms with Gasteiger partial charge in [-0.3, -0.25) is 4.79 Å². The Kier molecular flexibility index (Phi) is 4.95. The van der Waals surface area contributed by atoms with Crippen LogP contribution in [0.25, 0.3) is 5.69 Å². The summed E-state index contributed by atoms with van der Waals surface area (Å²) < 4.78 is 2.04. The Balaban J connectivity index is 1.76. The molecule has 1 N–H and O–H groups in total. The Bertz CT molecular complexity index is 993. The van der Waals surface area contributed by atoms with E-state index in [1.165, 1.54) is 0 Å². The molecule has 5 nitrogen and oxygen atoms in total. The standard InChI is InChI=1S/C21H18N4O/c1-15-12-20(16(2)25(15)19-6-4-3-5-7-19)21(26)24-23-14-18-10-8-17(13-22)9-11-18/h3-12,14H,1-2H3,(H,24,26)/b23-14+. The van der Waals surface area contributed by atoms with Crippen molar-refractivity contribution in [2.24, 2.45) is 5.10 Å². The van der Waals surface area contributed by atoms with E-state index in [4.69, 9.17) is 5.26 Å². The lowest BCUT2D eigenvalue weighted by Crippen LogP contribution is -2.18. The average molecular weight is 342 g/mol. The third-order valence-corrected chi connectivity index (χ3v) is 4.11. The predicted octanol–water partition coefficient (Wildman–Crippen LogP) is 3.73. The monoisotopic (exact) mass is 342 g/mol. The van der Waals surface area contributed by atoms with Gasteiger partial charge in [0.1, 0.15) is 0 Å². The summed E-state index contributed by atoms with van der Waals surface area (Å²) in [6, 6.07) is 20.8. The van der Waals surface area contributed by atoms with Gasteiger partial charge in [0.25, 0.3) is 5.91 Å². The second kappa shape index (κ2) is 7.49. The summed E-state index contributed by atoms with van der Waals surface area (Å²) in [5.41, 5.74) is 7.39. The smallest absolute Gasteiger partial charge is 0.273 e. The Hall–Kier alpha value is -3.65. The number of nitrogens with one attached hydrogen (secondary N) is 1. The number of aromatic nitrogens is 1. The van der Waals surface area contributed by atoms with Gasteiger partial charge in [0.05, 0.1) is 23.4 Å². The van der Waals surface area contributed by atoms with Crippen LogP contribution in [0.1, 0.15) is 32.9 Å². The molecule has 5 heteroatoms. The third-order valence-electron chi connectivity index (χ3n) is 4.11. The first-order chi connectivity index (χ1) is 12.6. The highest BCUT2D eigenvalue weighted by Gasteiger charge is 2.16. The second-order valence-electron chi connectivity index (χ2n) is 5.89. The van der Waals surface area contributed by atoms with E-state index in [-0.39, 0.29) is 5.91 Å². The van der Waals surface area contributed by atoms with Crippen LogP contribution in [0, 0.1) is 25.2 Å². The molecule has 0 saturated carbocycles. The molecule has 2 aromatic carbocycles. The van der Waals surface area contributed by atoms with Crippen LogP contribution in [0.3, 0.4) is 0 Å². The highest BCUT2D eigenvalue weighted by Crippen LogP contribution is 2.20. The maximum absolute atomic E-state index is 12.5. The van der Waals surface area contributed by atoms with Gasteiger partial charge in [0.2, 0.25) is 0 Å². The molecule has 1 heterocycles. The molecule has 128 valence electrons. The molecule has 0 radical (unpaired) electrons. The number of carbonyl (C=O) groups is 1. The summed E-state index contributed by atoms with van der Waals surface area (Å²) >= 11 is 0. The number of para-hydroxylation sites is 1. The Morgan fingerprint density at radius 1 is 1.12 bits per heavy atom. The molecule has 0 saturated heterocycles. The van der Waals surface area contributed by atoms with Gasteiger partial charge in [0, 0.05) is 17.1 Å². The molecular formula is C21H18N4O. The number of hydrazone groups is 1. The van der Waals surface area contributed by atoms with E-state index in [1.807, 2.05) is 54.8 Å². The van der Waals surface area contributed by atoms with Crippen LogP contribution in [0.5, 0.6) is 0 Å². The van der Waals surface area contributed by atoms with E-state index in [2.05, 4.69) is 16.6 Å². The van der Waals surface area contributed by atoms with Gasteiger partial charge in [-0.2, -0.15) is 10.4 Å². The molecule has 0 unspecified atom stereocenters. The average Bonchev–Trinajstić information content (AvgIpc) is 2.97. The topological polar surface area (TPSA) is 70.2 Å². The van der Waals surface area contributed by atoms with Gasteiger partial charge in [0.15, 0.2) is 0 Å². The minimum Gasteiger partial charge on any atom is -0.318 e. The van der Waals surface area contributed by atoms with Gasteiger partial charge in [-0.15, -0.1) is 0 Å². The number of aryl methyl sites for hydroxylation is 1. The van der Waals surface area contributed by atoms with Crippen molar-refractivity contribution in [3.05, 3.63) is 88.7 Å². The molecule has 0 aliphatic heterocycles. The van der Waals surface area contributed by atoms with Crippen molar-refractivity contribution in [3.63, 3.8) is 0 Å². The van der Waals surface area contributed by atoms with Crippen LogP contribution in [-0.4, -0.2) is 16.7 Å². The highest BCUT2D eigenvalue weighted by molar-refractivity contribution is 5.96. The number of amides is 1. The van der Waals surface area contributed by atoms with Gasteiger partial charge in [-0.25, -0.2) is 5.43 Å². The first-order valence-electron chi connectivity index (χ1n) is 8.18. The minimum atomic E-state index is -0.259. The number of rotatable bonds is 4. The summed E-state index contributed by atoms with van der Waals surface area (Å²) in [4.78, 5) is 12.5. The van der Waals surface area contributed by atoms with Crippen LogP contribution in [-0.2, 0) is 0 Å². The molecule has 1 amide bonds. The predicted molar refractivity (Wildman–Crippen MR) is 101 cm³/mol. The van der Waals surface area contributed by atoms with E-state index in [0.717, 1.165) is 22.6 Å². The van der Waals surface area contributed by atoms with Crippen molar-refractivity contribution in [3.8, 4) is 11.8 Å². The largest absolute Gasteiger partial charge is 0.318 e. The number of hydrogen-bond acceptors (Lipinski definition) is 3. The van der Waals surface area contributed by atoms with Crippen LogP contribution in [0.2, 0.25) is 0 Å². The molecule has 0 spiro atoms. The van der Waals surface area contributed by atoms with Crippen molar-refractivity contribution in [1.82, 2.24) is 9.99 Å². The Morgan fingerprint density at radius 3 is 2.46 bits per heavy atom. The fourth-order valence-corrected chi connectivity index (χ4v) is 2.84. The molecular weight excluding hydrogens is 324 g/mol. The maximum Gasteiger partial charge on any atom is 0.273 e. The number of nitrogens with zero attached hydrogens (tertiary/aromatic N) is 3. The van der Waals surface area contributed by atoms with Crippen molar-refractivity contribution in [1.29, 1.82) is 5.26 Å². The van der Waals surface area contributed by atoms with Gasteiger partial charge in [-0.1, -0.05) is 30.3 Å². The van der Waals surface area contributed by atoms with Gasteiger partial charge in [-0.05, 0) is 49.7 Å². The van der Waals surface area contributed by atoms with Gasteiger partial charge >= 0.3 is 0 Å². The summed E-state index contributed by atoms with van der Waals surface area (Å²) in [6.45, 7) is 3.88. The molecule has 0 bridgehead atoms. The number of carbonyl (C=O) groups excluding carboxylic acids is 1. The Labute approximate surface area is 152 Å². The van der Waals surface area contributed by atoms with Crippen molar-refractivity contribution < 1.29 is 4.79 Å². The molecule has 0 fully saturated rings. The van der Waals surface area contributed by atoms with E-state index >= 15 is 0 Å². The van der Waals surface area contributed by atoms with E-state index in [1.54, 1.807) is 30.5 Å². The SMILES string of the molecule is Cc1cc(C(=O)N/N=C/c2ccc(C#N)cc2)c(C)n1-c1ccccc1. The molecule has 26 heavy (non-hydrogen) atoms. The number of benzene rings is 2. The normalized spacial score (nSPS) is 10.7. The summed E-state index contributed by atoms with van der Waals surface area (Å²) in [7, 11) is 0. The molecule has 0 aliphatic rings. The van der Waals surface area contributed by atoms with E-state index < -0.39 is 0 Å². The van der Waals surface area contributed by atoms with Gasteiger partial charge < -0.3 is 4.57 Å². The van der Waals surface area contributed by atoms with E-state index in [0.29, 0.717) is 11.1 Å². The third kappa shape index (κ3) is 3.55. The van der Waals surface area contributed by atoms with Crippen LogP contribution >= 0.6 is 0 Å². The first-order valence-corrected chi connectivity index (χ1v) is 8.18. The lowest BCUT2D eigenvalue weighted by molar-refractivity contribution is 0.0954. The quantitative estimate of drug-likeness (QED) is 0.580. The van der Waals surface area contributed by atoms with Crippen LogP contribution in [0.4, 0.5) is 0 Å². The zero-order chi connectivity index (χ0) is 18.5. The summed E-state index contributed by atoms with van der Waals surface area (Å²) in [5, 5.41) is 12.8. The molecule has 3 rings (SSSR count).